The second-order valence-corrected chi connectivity index (χ2v) is 4.88. The molecule has 0 saturated heterocycles. The fourth-order valence-electron chi connectivity index (χ4n) is 2.84. The lowest BCUT2D eigenvalue weighted by Gasteiger charge is -2.18. The van der Waals surface area contributed by atoms with E-state index in [9.17, 15) is 0 Å². The minimum Gasteiger partial charge on any atom is -0.460 e. The van der Waals surface area contributed by atoms with Gasteiger partial charge in [0.25, 0.3) is 0 Å². The maximum atomic E-state index is 6.09. The van der Waals surface area contributed by atoms with E-state index in [0.29, 0.717) is 5.92 Å². The Hall–Kier alpha value is -2.02. The molecule has 0 spiro atoms. The molecule has 0 aliphatic heterocycles. The number of allylic oxidation sites excluding steroid dienone is 4. The SMILES string of the molecule is C=C/C(=C\CC)C1CC=Cc2c1oc1ccccc21. The summed E-state index contributed by atoms with van der Waals surface area (Å²) in [5.74, 6) is 1.40. The van der Waals surface area contributed by atoms with Crippen molar-refractivity contribution in [3.05, 3.63) is 66.0 Å². The van der Waals surface area contributed by atoms with Crippen LogP contribution in [0.1, 0.15) is 37.0 Å². The van der Waals surface area contributed by atoms with Gasteiger partial charge in [-0.05, 0) is 24.5 Å². The summed E-state index contributed by atoms with van der Waals surface area (Å²) in [6.07, 6.45) is 10.6. The Labute approximate surface area is 113 Å². The summed E-state index contributed by atoms with van der Waals surface area (Å²) in [5, 5.41) is 1.21. The maximum absolute atomic E-state index is 6.09. The first-order valence-corrected chi connectivity index (χ1v) is 6.85. The van der Waals surface area contributed by atoms with E-state index in [1.165, 1.54) is 16.5 Å². The molecule has 3 rings (SSSR count). The van der Waals surface area contributed by atoms with Gasteiger partial charge < -0.3 is 4.42 Å². The topological polar surface area (TPSA) is 13.1 Å². The van der Waals surface area contributed by atoms with Crippen LogP contribution >= 0.6 is 0 Å². The molecule has 1 aromatic carbocycles. The lowest BCUT2D eigenvalue weighted by atomic mass is 9.86. The van der Waals surface area contributed by atoms with Crippen LogP contribution in [0, 0.1) is 0 Å². The standard InChI is InChI=1S/C18H18O/c1-3-8-13(4-2)14-10-7-11-16-15-9-5-6-12-17(15)19-18(14)16/h4-9,11-12,14H,2-3,10H2,1H3/b13-8+. The van der Waals surface area contributed by atoms with Crippen molar-refractivity contribution >= 4 is 17.0 Å². The molecule has 1 aromatic heterocycles. The lowest BCUT2D eigenvalue weighted by molar-refractivity contribution is 0.516. The minimum absolute atomic E-state index is 0.310. The van der Waals surface area contributed by atoms with Crippen LogP contribution in [0.15, 0.2) is 59.1 Å². The number of furan rings is 1. The summed E-state index contributed by atoms with van der Waals surface area (Å²) in [7, 11) is 0. The van der Waals surface area contributed by atoms with Gasteiger partial charge >= 0.3 is 0 Å². The third-order valence-electron chi connectivity index (χ3n) is 3.71. The van der Waals surface area contributed by atoms with Gasteiger partial charge in [0.1, 0.15) is 11.3 Å². The molecule has 2 aromatic rings. The zero-order chi connectivity index (χ0) is 13.2. The third kappa shape index (κ3) is 1.95. The fourth-order valence-corrected chi connectivity index (χ4v) is 2.84. The maximum Gasteiger partial charge on any atom is 0.134 e. The molecular weight excluding hydrogens is 232 g/mol. The molecule has 0 N–H and O–H groups in total. The molecule has 1 heterocycles. The van der Waals surface area contributed by atoms with Gasteiger partial charge in [0.2, 0.25) is 0 Å². The van der Waals surface area contributed by atoms with Crippen LogP contribution in [-0.4, -0.2) is 0 Å². The van der Waals surface area contributed by atoms with Crippen LogP contribution in [0.25, 0.3) is 17.0 Å². The average Bonchev–Trinajstić information content (AvgIpc) is 2.83. The number of fused-ring (bicyclic) bond motifs is 3. The van der Waals surface area contributed by atoms with Crippen molar-refractivity contribution in [2.45, 2.75) is 25.7 Å². The van der Waals surface area contributed by atoms with E-state index in [-0.39, 0.29) is 0 Å². The van der Waals surface area contributed by atoms with Crippen molar-refractivity contribution in [2.75, 3.05) is 0 Å². The monoisotopic (exact) mass is 250 g/mol. The number of para-hydroxylation sites is 1. The normalized spacial score (nSPS) is 18.6. The van der Waals surface area contributed by atoms with E-state index < -0.39 is 0 Å². The largest absolute Gasteiger partial charge is 0.460 e. The highest BCUT2D eigenvalue weighted by Crippen LogP contribution is 2.40. The second-order valence-electron chi connectivity index (χ2n) is 4.88. The Kier molecular flexibility index (Phi) is 3.12. The molecular formula is C18H18O. The van der Waals surface area contributed by atoms with E-state index in [2.05, 4.69) is 43.9 Å². The first-order valence-electron chi connectivity index (χ1n) is 6.85. The van der Waals surface area contributed by atoms with Gasteiger partial charge in [-0.3, -0.25) is 0 Å². The lowest BCUT2D eigenvalue weighted by Crippen LogP contribution is -2.03. The molecule has 19 heavy (non-hydrogen) atoms. The smallest absolute Gasteiger partial charge is 0.134 e. The summed E-state index contributed by atoms with van der Waals surface area (Å²) in [6.45, 7) is 6.10. The molecule has 0 radical (unpaired) electrons. The molecule has 1 nitrogen and oxygen atoms in total. The molecule has 0 fully saturated rings. The van der Waals surface area contributed by atoms with Gasteiger partial charge in [-0.2, -0.15) is 0 Å². The van der Waals surface area contributed by atoms with Crippen molar-refractivity contribution in [3.8, 4) is 0 Å². The molecule has 1 aliphatic rings. The zero-order valence-electron chi connectivity index (χ0n) is 11.2. The van der Waals surface area contributed by atoms with Crippen molar-refractivity contribution < 1.29 is 4.42 Å². The van der Waals surface area contributed by atoms with Crippen LogP contribution in [-0.2, 0) is 0 Å². The Morgan fingerprint density at radius 2 is 2.26 bits per heavy atom. The predicted octanol–water partition coefficient (Wildman–Crippen LogP) is 5.46. The summed E-state index contributed by atoms with van der Waals surface area (Å²) in [5.41, 5.74) is 3.48. The molecule has 1 atom stereocenters. The molecule has 1 aliphatic carbocycles. The second kappa shape index (κ2) is 4.93. The summed E-state index contributed by atoms with van der Waals surface area (Å²) < 4.78 is 6.09. The van der Waals surface area contributed by atoms with Gasteiger partial charge in [0, 0.05) is 16.9 Å². The number of rotatable bonds is 3. The van der Waals surface area contributed by atoms with Crippen molar-refractivity contribution in [1.29, 1.82) is 0 Å². The Morgan fingerprint density at radius 3 is 3.05 bits per heavy atom. The Morgan fingerprint density at radius 1 is 1.42 bits per heavy atom. The third-order valence-corrected chi connectivity index (χ3v) is 3.71. The quantitative estimate of drug-likeness (QED) is 0.660. The van der Waals surface area contributed by atoms with E-state index in [0.717, 1.165) is 24.2 Å². The van der Waals surface area contributed by atoms with Crippen LogP contribution in [0.3, 0.4) is 0 Å². The van der Waals surface area contributed by atoms with Gasteiger partial charge in [0.05, 0.1) is 0 Å². The van der Waals surface area contributed by atoms with Gasteiger partial charge in [-0.15, -0.1) is 0 Å². The highest BCUT2D eigenvalue weighted by Gasteiger charge is 2.25. The summed E-state index contributed by atoms with van der Waals surface area (Å²) >= 11 is 0. The van der Waals surface area contributed by atoms with Crippen molar-refractivity contribution in [2.24, 2.45) is 0 Å². The number of hydrogen-bond donors (Lipinski definition) is 0. The molecule has 0 amide bonds. The van der Waals surface area contributed by atoms with E-state index in [4.69, 9.17) is 4.42 Å². The van der Waals surface area contributed by atoms with Gasteiger partial charge in [-0.1, -0.05) is 56.0 Å². The minimum atomic E-state index is 0.310. The Balaban J connectivity index is 2.17. The number of benzene rings is 1. The van der Waals surface area contributed by atoms with Gasteiger partial charge in [0.15, 0.2) is 0 Å². The van der Waals surface area contributed by atoms with Crippen LogP contribution in [0.4, 0.5) is 0 Å². The number of hydrogen-bond acceptors (Lipinski definition) is 1. The van der Waals surface area contributed by atoms with Crippen LogP contribution in [0.2, 0.25) is 0 Å². The summed E-state index contributed by atoms with van der Waals surface area (Å²) in [4.78, 5) is 0. The molecule has 1 unspecified atom stereocenters. The molecule has 0 bridgehead atoms. The van der Waals surface area contributed by atoms with Gasteiger partial charge in [-0.25, -0.2) is 0 Å². The predicted molar refractivity (Wildman–Crippen MR) is 81.2 cm³/mol. The summed E-state index contributed by atoms with van der Waals surface area (Å²) in [6, 6.07) is 8.25. The molecule has 96 valence electrons. The highest BCUT2D eigenvalue weighted by molar-refractivity contribution is 5.89. The van der Waals surface area contributed by atoms with Crippen molar-refractivity contribution in [3.63, 3.8) is 0 Å². The first-order chi connectivity index (χ1) is 9.35. The zero-order valence-corrected chi connectivity index (χ0v) is 11.2. The average molecular weight is 250 g/mol. The van der Waals surface area contributed by atoms with E-state index >= 15 is 0 Å². The first kappa shape index (κ1) is 12.0. The van der Waals surface area contributed by atoms with E-state index in [1.807, 2.05) is 18.2 Å². The van der Waals surface area contributed by atoms with Crippen molar-refractivity contribution in [1.82, 2.24) is 0 Å². The molecule has 1 heteroatoms. The Bertz CT molecular complexity index is 670. The fraction of sp³-hybridized carbons (Fsp3) is 0.222. The van der Waals surface area contributed by atoms with Crippen LogP contribution in [0.5, 0.6) is 0 Å². The van der Waals surface area contributed by atoms with E-state index in [1.54, 1.807) is 0 Å². The van der Waals surface area contributed by atoms with Crippen LogP contribution < -0.4 is 0 Å². The molecule has 0 saturated carbocycles. The highest BCUT2D eigenvalue weighted by atomic mass is 16.3.